The number of aromatic nitrogens is 2. The van der Waals surface area contributed by atoms with Crippen LogP contribution in [0.25, 0.3) is 0 Å². The van der Waals surface area contributed by atoms with E-state index in [1.54, 1.807) is 23.7 Å². The maximum atomic E-state index is 12.7. The predicted molar refractivity (Wildman–Crippen MR) is 98.2 cm³/mol. The molecule has 1 fully saturated rings. The number of hydrogen-bond donors (Lipinski definition) is 0. The number of aryl methyl sites for hydroxylation is 1. The topological polar surface area (TPSA) is 64.4 Å². The molecule has 0 saturated carbocycles. The van der Waals surface area contributed by atoms with Crippen LogP contribution in [0.15, 0.2) is 31.1 Å². The molecule has 0 spiro atoms. The summed E-state index contributed by atoms with van der Waals surface area (Å²) in [6.45, 7) is 3.52. The number of ether oxygens (including phenoxy) is 1. The summed E-state index contributed by atoms with van der Waals surface area (Å²) >= 11 is 0. The Kier molecular flexibility index (Phi) is 6.47. The van der Waals surface area contributed by atoms with Crippen molar-refractivity contribution in [3.63, 3.8) is 0 Å². The first-order chi connectivity index (χ1) is 12.7. The molecule has 0 bridgehead atoms. The largest absolute Gasteiger partial charge is 0.496 e. The zero-order valence-electron chi connectivity index (χ0n) is 15.5. The lowest BCUT2D eigenvalue weighted by Gasteiger charge is -2.34. The second kappa shape index (κ2) is 9.01. The molecule has 6 nitrogen and oxygen atoms in total. The van der Waals surface area contributed by atoms with Crippen molar-refractivity contribution in [2.24, 2.45) is 5.92 Å². The van der Waals surface area contributed by atoms with E-state index in [-0.39, 0.29) is 29.8 Å². The molecule has 1 amide bonds. The Morgan fingerprint density at radius 3 is 2.81 bits per heavy atom. The van der Waals surface area contributed by atoms with E-state index in [0.717, 1.165) is 51.5 Å². The van der Waals surface area contributed by atoms with E-state index in [0.29, 0.717) is 6.54 Å². The lowest BCUT2D eigenvalue weighted by molar-refractivity contribution is -0.141. The van der Waals surface area contributed by atoms with Gasteiger partial charge in [-0.1, -0.05) is 26.2 Å². The summed E-state index contributed by atoms with van der Waals surface area (Å²) in [5.74, 6) is -0.758. The van der Waals surface area contributed by atoms with Gasteiger partial charge in [0.05, 0.1) is 24.5 Å². The highest BCUT2D eigenvalue weighted by Gasteiger charge is 2.50. The van der Waals surface area contributed by atoms with Crippen molar-refractivity contribution < 1.29 is 14.3 Å². The molecule has 0 aliphatic carbocycles. The summed E-state index contributed by atoms with van der Waals surface area (Å²) in [5, 5.41) is 0. The van der Waals surface area contributed by atoms with E-state index < -0.39 is 0 Å². The van der Waals surface area contributed by atoms with Crippen molar-refractivity contribution in [2.75, 3.05) is 6.54 Å². The van der Waals surface area contributed by atoms with Crippen LogP contribution in [-0.4, -0.2) is 44.8 Å². The monoisotopic (exact) mass is 359 g/mol. The number of allylic oxidation sites excluding steroid dienone is 1. The number of carbonyl (C=O) groups excluding carboxylic acids is 2. The average Bonchev–Trinajstić information content (AvgIpc) is 3.26. The maximum Gasteiger partial charge on any atom is 0.290 e. The molecule has 3 heterocycles. The van der Waals surface area contributed by atoms with Gasteiger partial charge in [-0.25, -0.2) is 4.98 Å². The van der Waals surface area contributed by atoms with Gasteiger partial charge in [0.2, 0.25) is 5.78 Å². The van der Waals surface area contributed by atoms with E-state index in [2.05, 4.69) is 11.9 Å². The van der Waals surface area contributed by atoms with Gasteiger partial charge in [-0.05, 0) is 31.8 Å². The average molecular weight is 359 g/mol. The number of carbonyl (C=O) groups is 2. The van der Waals surface area contributed by atoms with E-state index in [4.69, 9.17) is 4.74 Å². The van der Waals surface area contributed by atoms with E-state index in [1.165, 1.54) is 0 Å². The van der Waals surface area contributed by atoms with Crippen LogP contribution in [0.5, 0.6) is 0 Å². The molecule has 0 radical (unpaired) electrons. The van der Waals surface area contributed by atoms with Gasteiger partial charge < -0.3 is 14.2 Å². The first-order valence-corrected chi connectivity index (χ1v) is 9.83. The van der Waals surface area contributed by atoms with Crippen molar-refractivity contribution in [1.29, 1.82) is 0 Å². The second-order valence-corrected chi connectivity index (χ2v) is 7.23. The van der Waals surface area contributed by atoms with Gasteiger partial charge in [0, 0.05) is 25.5 Å². The van der Waals surface area contributed by atoms with Crippen molar-refractivity contribution in [2.45, 2.75) is 70.6 Å². The highest BCUT2D eigenvalue weighted by atomic mass is 16.5. The SMILES string of the molecule is CCCCCC1C(=O)C(=O)N(CCCn2ccnc2)C1C1CCC=CO1. The Morgan fingerprint density at radius 2 is 2.12 bits per heavy atom. The highest BCUT2D eigenvalue weighted by Crippen LogP contribution is 2.33. The fourth-order valence-corrected chi connectivity index (χ4v) is 4.08. The number of imidazole rings is 1. The number of rotatable bonds is 9. The number of ketones is 1. The smallest absolute Gasteiger partial charge is 0.290 e. The van der Waals surface area contributed by atoms with Gasteiger partial charge in [-0.2, -0.15) is 0 Å². The van der Waals surface area contributed by atoms with Crippen molar-refractivity contribution in [3.05, 3.63) is 31.1 Å². The van der Waals surface area contributed by atoms with Gasteiger partial charge >= 0.3 is 0 Å². The quantitative estimate of drug-likeness (QED) is 0.502. The van der Waals surface area contributed by atoms with Gasteiger partial charge in [0.15, 0.2) is 0 Å². The number of hydrogen-bond acceptors (Lipinski definition) is 4. The summed E-state index contributed by atoms with van der Waals surface area (Å²) in [7, 11) is 0. The maximum absolute atomic E-state index is 12.7. The van der Waals surface area contributed by atoms with Gasteiger partial charge in [0.25, 0.3) is 5.91 Å². The zero-order chi connectivity index (χ0) is 18.4. The van der Waals surface area contributed by atoms with Gasteiger partial charge in [0.1, 0.15) is 6.10 Å². The Balaban J connectivity index is 1.69. The molecule has 1 aromatic heterocycles. The minimum Gasteiger partial charge on any atom is -0.496 e. The lowest BCUT2D eigenvalue weighted by Crippen LogP contribution is -2.45. The molecule has 1 aromatic rings. The Hall–Kier alpha value is -2.11. The highest BCUT2D eigenvalue weighted by molar-refractivity contribution is 6.39. The van der Waals surface area contributed by atoms with Crippen LogP contribution in [-0.2, 0) is 20.9 Å². The standard InChI is InChI=1S/C20H29N3O3/c1-2-3-4-8-16-18(17-9-5-6-14-26-17)23(20(25)19(16)24)12-7-11-22-13-10-21-15-22/h6,10,13-18H,2-5,7-9,11-12H2,1H3. The van der Waals surface area contributed by atoms with E-state index in [1.807, 2.05) is 16.8 Å². The Morgan fingerprint density at radius 1 is 1.23 bits per heavy atom. The fraction of sp³-hybridized carbons (Fsp3) is 0.650. The summed E-state index contributed by atoms with van der Waals surface area (Å²) in [5.41, 5.74) is 0. The van der Waals surface area contributed by atoms with Crippen molar-refractivity contribution in [1.82, 2.24) is 14.5 Å². The molecule has 1 saturated heterocycles. The van der Waals surface area contributed by atoms with E-state index >= 15 is 0 Å². The van der Waals surface area contributed by atoms with Crippen LogP contribution >= 0.6 is 0 Å². The van der Waals surface area contributed by atoms with E-state index in [9.17, 15) is 9.59 Å². The third-order valence-corrected chi connectivity index (χ3v) is 5.42. The molecule has 3 rings (SSSR count). The molecule has 2 aliphatic heterocycles. The molecule has 2 aliphatic rings. The molecular weight excluding hydrogens is 330 g/mol. The van der Waals surface area contributed by atoms with Crippen molar-refractivity contribution in [3.8, 4) is 0 Å². The van der Waals surface area contributed by atoms with Crippen LogP contribution in [0.4, 0.5) is 0 Å². The lowest BCUT2D eigenvalue weighted by atomic mass is 9.87. The summed E-state index contributed by atoms with van der Waals surface area (Å²) in [6, 6.07) is -0.125. The number of likely N-dealkylation sites (tertiary alicyclic amines) is 1. The number of nitrogens with zero attached hydrogens (tertiary/aromatic N) is 3. The zero-order valence-corrected chi connectivity index (χ0v) is 15.5. The van der Waals surface area contributed by atoms with Crippen LogP contribution in [0.3, 0.4) is 0 Å². The van der Waals surface area contributed by atoms with Crippen LogP contribution in [0.2, 0.25) is 0 Å². The summed E-state index contributed by atoms with van der Waals surface area (Å²) in [4.78, 5) is 31.2. The Bertz CT molecular complexity index is 626. The molecule has 0 aromatic carbocycles. The molecule has 142 valence electrons. The predicted octanol–water partition coefficient (Wildman–Crippen LogP) is 2.94. The van der Waals surface area contributed by atoms with Crippen LogP contribution < -0.4 is 0 Å². The number of amides is 1. The molecular formula is C20H29N3O3. The van der Waals surface area contributed by atoms with Crippen LogP contribution in [0, 0.1) is 5.92 Å². The molecule has 0 N–H and O–H groups in total. The molecule has 26 heavy (non-hydrogen) atoms. The number of unbranched alkanes of at least 4 members (excludes halogenated alkanes) is 2. The van der Waals surface area contributed by atoms with Crippen LogP contribution in [0.1, 0.15) is 51.9 Å². The first kappa shape index (κ1) is 18.7. The normalized spacial score (nSPS) is 25.7. The molecule has 3 atom stereocenters. The minimum atomic E-state index is -0.319. The summed E-state index contributed by atoms with van der Waals surface area (Å²) < 4.78 is 7.83. The van der Waals surface area contributed by atoms with Gasteiger partial charge in [-0.15, -0.1) is 0 Å². The van der Waals surface area contributed by atoms with Gasteiger partial charge in [-0.3, -0.25) is 9.59 Å². The minimum absolute atomic E-state index is 0.0738. The van der Waals surface area contributed by atoms with Crippen molar-refractivity contribution >= 4 is 11.7 Å². The third kappa shape index (κ3) is 4.17. The third-order valence-electron chi connectivity index (χ3n) is 5.42. The molecule has 3 unspecified atom stereocenters. The Labute approximate surface area is 155 Å². The first-order valence-electron chi connectivity index (χ1n) is 9.83. The second-order valence-electron chi connectivity index (χ2n) is 7.23. The fourth-order valence-electron chi connectivity index (χ4n) is 4.08. The number of Topliss-reactive ketones (excluding diaryl/α,β-unsaturated/α-hetero) is 1. The summed E-state index contributed by atoms with van der Waals surface area (Å²) in [6.07, 6.45) is 15.7. The molecule has 6 heteroatoms.